The van der Waals surface area contributed by atoms with E-state index in [1.54, 1.807) is 0 Å². The molecule has 130 valence electrons. The van der Waals surface area contributed by atoms with Crippen LogP contribution in [0.3, 0.4) is 0 Å². The number of halogens is 2. The number of carbonyl (C=O) groups excluding carboxylic acids is 1. The molecule has 0 saturated heterocycles. The van der Waals surface area contributed by atoms with Crippen LogP contribution in [-0.4, -0.2) is 25.1 Å². The first kappa shape index (κ1) is 20.1. The molecule has 1 amide bonds. The third-order valence-corrected chi connectivity index (χ3v) is 4.68. The standard InChI is InChI=1S/C17H25ClN2O2.ClH/c1-12-10-14(7-8-15(12)18)22-9-3-6-17(21)20-16-5-2-4-13(16)11-19;/h7-8,10,13,16H,2-6,9,11,19H2,1H3,(H,20,21);1H. The second-order valence-corrected chi connectivity index (χ2v) is 6.37. The second-order valence-electron chi connectivity index (χ2n) is 5.96. The van der Waals surface area contributed by atoms with E-state index in [0.29, 0.717) is 31.9 Å². The first-order chi connectivity index (χ1) is 10.6. The van der Waals surface area contributed by atoms with E-state index in [9.17, 15) is 4.79 Å². The molecule has 0 aliphatic heterocycles. The Morgan fingerprint density at radius 2 is 2.22 bits per heavy atom. The van der Waals surface area contributed by atoms with E-state index in [2.05, 4.69) is 5.32 Å². The lowest BCUT2D eigenvalue weighted by atomic mass is 10.0. The summed E-state index contributed by atoms with van der Waals surface area (Å²) in [6.45, 7) is 3.13. The summed E-state index contributed by atoms with van der Waals surface area (Å²) in [6, 6.07) is 5.84. The van der Waals surface area contributed by atoms with Crippen molar-refractivity contribution in [1.82, 2.24) is 5.32 Å². The van der Waals surface area contributed by atoms with Crippen molar-refractivity contribution in [2.45, 2.75) is 45.1 Å². The highest BCUT2D eigenvalue weighted by molar-refractivity contribution is 6.31. The zero-order valence-electron chi connectivity index (χ0n) is 13.5. The van der Waals surface area contributed by atoms with Crippen molar-refractivity contribution in [2.24, 2.45) is 11.7 Å². The van der Waals surface area contributed by atoms with Gasteiger partial charge in [-0.1, -0.05) is 18.0 Å². The highest BCUT2D eigenvalue weighted by Gasteiger charge is 2.26. The highest BCUT2D eigenvalue weighted by Crippen LogP contribution is 2.24. The summed E-state index contributed by atoms with van der Waals surface area (Å²) in [5.74, 6) is 1.33. The number of benzene rings is 1. The molecule has 0 heterocycles. The number of rotatable bonds is 7. The number of ether oxygens (including phenoxy) is 1. The molecule has 1 aliphatic carbocycles. The molecule has 0 spiro atoms. The van der Waals surface area contributed by atoms with E-state index < -0.39 is 0 Å². The lowest BCUT2D eigenvalue weighted by Gasteiger charge is -2.19. The Hall–Kier alpha value is -0.970. The summed E-state index contributed by atoms with van der Waals surface area (Å²) in [4.78, 5) is 11.9. The van der Waals surface area contributed by atoms with Crippen molar-refractivity contribution in [3.63, 3.8) is 0 Å². The van der Waals surface area contributed by atoms with Gasteiger partial charge in [-0.05, 0) is 62.4 Å². The van der Waals surface area contributed by atoms with Crippen LogP contribution < -0.4 is 15.8 Å². The van der Waals surface area contributed by atoms with E-state index in [1.807, 2.05) is 25.1 Å². The average Bonchev–Trinajstić information content (AvgIpc) is 2.94. The molecule has 1 aliphatic rings. The number of hydrogen-bond donors (Lipinski definition) is 2. The van der Waals surface area contributed by atoms with Crippen LogP contribution in [-0.2, 0) is 4.79 Å². The van der Waals surface area contributed by atoms with Gasteiger partial charge in [0.1, 0.15) is 5.75 Å². The molecule has 0 aromatic heterocycles. The monoisotopic (exact) mass is 360 g/mol. The molecule has 1 aromatic carbocycles. The normalized spacial score (nSPS) is 20.0. The summed E-state index contributed by atoms with van der Waals surface area (Å²) in [5, 5.41) is 3.84. The summed E-state index contributed by atoms with van der Waals surface area (Å²) in [6.07, 6.45) is 4.52. The van der Waals surface area contributed by atoms with Crippen LogP contribution in [0, 0.1) is 12.8 Å². The molecular weight excluding hydrogens is 335 g/mol. The molecule has 1 aromatic rings. The maximum atomic E-state index is 11.9. The Kier molecular flexibility index (Phi) is 8.74. The number of aryl methyl sites for hydroxylation is 1. The Bertz CT molecular complexity index is 511. The van der Waals surface area contributed by atoms with Gasteiger partial charge < -0.3 is 15.8 Å². The molecule has 23 heavy (non-hydrogen) atoms. The van der Waals surface area contributed by atoms with Crippen LogP contribution in [0.1, 0.15) is 37.7 Å². The minimum absolute atomic E-state index is 0. The highest BCUT2D eigenvalue weighted by atomic mass is 35.5. The van der Waals surface area contributed by atoms with Crippen molar-refractivity contribution in [2.75, 3.05) is 13.2 Å². The molecule has 2 rings (SSSR count). The van der Waals surface area contributed by atoms with Crippen LogP contribution >= 0.6 is 24.0 Å². The van der Waals surface area contributed by atoms with Gasteiger partial charge in [0.05, 0.1) is 6.61 Å². The fraction of sp³-hybridized carbons (Fsp3) is 0.588. The van der Waals surface area contributed by atoms with Gasteiger partial charge in [0.2, 0.25) is 5.91 Å². The predicted molar refractivity (Wildman–Crippen MR) is 96.5 cm³/mol. The van der Waals surface area contributed by atoms with E-state index >= 15 is 0 Å². The zero-order chi connectivity index (χ0) is 15.9. The van der Waals surface area contributed by atoms with Crippen molar-refractivity contribution in [3.05, 3.63) is 28.8 Å². The van der Waals surface area contributed by atoms with E-state index in [0.717, 1.165) is 35.6 Å². The minimum atomic E-state index is 0. The van der Waals surface area contributed by atoms with Crippen LogP contribution in [0.5, 0.6) is 5.75 Å². The third kappa shape index (κ3) is 6.21. The fourth-order valence-electron chi connectivity index (χ4n) is 2.92. The van der Waals surface area contributed by atoms with E-state index in [1.165, 1.54) is 0 Å². The Morgan fingerprint density at radius 1 is 1.43 bits per heavy atom. The maximum Gasteiger partial charge on any atom is 0.220 e. The number of nitrogens with two attached hydrogens (primary N) is 1. The van der Waals surface area contributed by atoms with Gasteiger partial charge in [0, 0.05) is 17.5 Å². The summed E-state index contributed by atoms with van der Waals surface area (Å²) < 4.78 is 5.65. The van der Waals surface area contributed by atoms with Crippen LogP contribution in [0.2, 0.25) is 5.02 Å². The number of nitrogens with one attached hydrogen (secondary N) is 1. The summed E-state index contributed by atoms with van der Waals surface area (Å²) >= 11 is 5.97. The average molecular weight is 361 g/mol. The predicted octanol–water partition coefficient (Wildman–Crippen LogP) is 3.47. The number of carbonyl (C=O) groups is 1. The third-order valence-electron chi connectivity index (χ3n) is 4.25. The van der Waals surface area contributed by atoms with Crippen LogP contribution in [0.4, 0.5) is 0 Å². The summed E-state index contributed by atoms with van der Waals surface area (Å²) in [7, 11) is 0. The second kappa shape index (κ2) is 10.0. The molecular formula is C17H26Cl2N2O2. The van der Waals surface area contributed by atoms with Gasteiger partial charge in [-0.2, -0.15) is 0 Å². The largest absolute Gasteiger partial charge is 0.494 e. The van der Waals surface area contributed by atoms with Crippen LogP contribution in [0.15, 0.2) is 18.2 Å². The van der Waals surface area contributed by atoms with Crippen LogP contribution in [0.25, 0.3) is 0 Å². The fourth-order valence-corrected chi connectivity index (χ4v) is 3.04. The molecule has 0 radical (unpaired) electrons. The minimum Gasteiger partial charge on any atom is -0.494 e. The first-order valence-electron chi connectivity index (χ1n) is 7.98. The summed E-state index contributed by atoms with van der Waals surface area (Å²) in [5.41, 5.74) is 6.72. The van der Waals surface area contributed by atoms with Gasteiger partial charge in [0.15, 0.2) is 0 Å². The van der Waals surface area contributed by atoms with Crippen molar-refractivity contribution >= 4 is 29.9 Å². The van der Waals surface area contributed by atoms with Gasteiger partial charge in [-0.25, -0.2) is 0 Å². The van der Waals surface area contributed by atoms with Crippen molar-refractivity contribution in [1.29, 1.82) is 0 Å². The first-order valence-corrected chi connectivity index (χ1v) is 8.36. The lowest BCUT2D eigenvalue weighted by Crippen LogP contribution is -2.39. The molecule has 1 saturated carbocycles. The molecule has 0 bridgehead atoms. The van der Waals surface area contributed by atoms with Gasteiger partial charge in [-0.3, -0.25) is 4.79 Å². The van der Waals surface area contributed by atoms with E-state index in [-0.39, 0.29) is 24.4 Å². The molecule has 2 unspecified atom stereocenters. The quantitative estimate of drug-likeness (QED) is 0.731. The maximum absolute atomic E-state index is 11.9. The molecule has 4 nitrogen and oxygen atoms in total. The molecule has 3 N–H and O–H groups in total. The molecule has 6 heteroatoms. The smallest absolute Gasteiger partial charge is 0.220 e. The van der Waals surface area contributed by atoms with E-state index in [4.69, 9.17) is 22.1 Å². The number of hydrogen-bond acceptors (Lipinski definition) is 3. The van der Waals surface area contributed by atoms with Gasteiger partial charge >= 0.3 is 0 Å². The van der Waals surface area contributed by atoms with Gasteiger partial charge in [0.25, 0.3) is 0 Å². The topological polar surface area (TPSA) is 64.3 Å². The molecule has 2 atom stereocenters. The van der Waals surface area contributed by atoms with Crippen molar-refractivity contribution in [3.8, 4) is 5.75 Å². The SMILES string of the molecule is Cc1cc(OCCCC(=O)NC2CCCC2CN)ccc1Cl.Cl. The van der Waals surface area contributed by atoms with Crippen molar-refractivity contribution < 1.29 is 9.53 Å². The zero-order valence-corrected chi connectivity index (χ0v) is 15.1. The number of amides is 1. The molecule has 1 fully saturated rings. The Labute approximate surface area is 149 Å². The Morgan fingerprint density at radius 3 is 2.91 bits per heavy atom. The Balaban J connectivity index is 0.00000264. The lowest BCUT2D eigenvalue weighted by molar-refractivity contribution is -0.122. The van der Waals surface area contributed by atoms with Gasteiger partial charge in [-0.15, -0.1) is 12.4 Å².